The van der Waals surface area contributed by atoms with Crippen molar-refractivity contribution >= 4 is 15.9 Å². The van der Waals surface area contributed by atoms with E-state index in [-0.39, 0.29) is 31.1 Å². The van der Waals surface area contributed by atoms with Crippen LogP contribution >= 0.6 is 0 Å². The molecule has 146 valence electrons. The Hall–Kier alpha value is -1.41. The fraction of sp³-hybridized carbons (Fsp3) is 0.778. The smallest absolute Gasteiger partial charge is 0.238 e. The van der Waals surface area contributed by atoms with Crippen LogP contribution in [0.5, 0.6) is 0 Å². The number of hydrogen-bond acceptors (Lipinski definition) is 4. The molecular weight excluding hydrogens is 352 g/mol. The van der Waals surface area contributed by atoms with E-state index in [2.05, 4.69) is 9.55 Å². The summed E-state index contributed by atoms with van der Waals surface area (Å²) in [5.41, 5.74) is 0.722. The summed E-state index contributed by atoms with van der Waals surface area (Å²) in [4.78, 5) is 19.3. The van der Waals surface area contributed by atoms with Gasteiger partial charge in [-0.05, 0) is 46.0 Å². The standard InChI is InChI=1S/C18H30N4O3S/c1-14-7-6-8-15(2)22(14)18(23)13-21(26(3,24)25)12-16-11-20-10-5-4-9-17(20)19-16/h11,14-15H,4-10,12-13H2,1-3H3/t14-,15+. The van der Waals surface area contributed by atoms with Gasteiger partial charge in [0.2, 0.25) is 15.9 Å². The molecule has 26 heavy (non-hydrogen) atoms. The van der Waals surface area contributed by atoms with E-state index < -0.39 is 10.0 Å². The minimum absolute atomic E-state index is 0.112. The summed E-state index contributed by atoms with van der Waals surface area (Å²) < 4.78 is 27.9. The maximum absolute atomic E-state index is 12.9. The molecule has 3 heterocycles. The van der Waals surface area contributed by atoms with Crippen molar-refractivity contribution in [2.45, 2.75) is 77.5 Å². The van der Waals surface area contributed by atoms with Crippen LogP contribution in [0.2, 0.25) is 0 Å². The van der Waals surface area contributed by atoms with Crippen LogP contribution in [0.3, 0.4) is 0 Å². The van der Waals surface area contributed by atoms with Crippen LogP contribution in [-0.2, 0) is 34.3 Å². The third kappa shape index (κ3) is 4.28. The Labute approximate surface area is 156 Å². The van der Waals surface area contributed by atoms with Crippen molar-refractivity contribution in [3.8, 4) is 0 Å². The molecule has 1 aromatic rings. The summed E-state index contributed by atoms with van der Waals surface area (Å²) in [6, 6.07) is 0.320. The number of carbonyl (C=O) groups is 1. The Bertz CT molecular complexity index is 725. The van der Waals surface area contributed by atoms with Gasteiger partial charge in [-0.25, -0.2) is 13.4 Å². The van der Waals surface area contributed by atoms with Gasteiger partial charge in [0.05, 0.1) is 25.0 Å². The van der Waals surface area contributed by atoms with E-state index in [0.29, 0.717) is 0 Å². The predicted molar refractivity (Wildman–Crippen MR) is 100 cm³/mol. The lowest BCUT2D eigenvalue weighted by atomic mass is 9.97. The molecular formula is C18H30N4O3S. The zero-order valence-electron chi connectivity index (χ0n) is 16.0. The Morgan fingerprint density at radius 1 is 1.23 bits per heavy atom. The summed E-state index contributed by atoms with van der Waals surface area (Å²) in [6.45, 7) is 5.06. The highest BCUT2D eigenvalue weighted by molar-refractivity contribution is 7.88. The Kier molecular flexibility index (Phi) is 5.72. The number of carbonyl (C=O) groups excluding carboxylic acids is 1. The number of nitrogens with zero attached hydrogens (tertiary/aromatic N) is 4. The van der Waals surface area contributed by atoms with Gasteiger partial charge in [0.1, 0.15) is 5.82 Å². The van der Waals surface area contributed by atoms with Crippen LogP contribution in [0.15, 0.2) is 6.20 Å². The maximum atomic E-state index is 12.9. The number of aryl methyl sites for hydroxylation is 2. The second-order valence-electron chi connectivity index (χ2n) is 7.76. The molecule has 0 N–H and O–H groups in total. The fourth-order valence-electron chi connectivity index (χ4n) is 4.16. The minimum Gasteiger partial charge on any atom is -0.336 e. The quantitative estimate of drug-likeness (QED) is 0.778. The van der Waals surface area contributed by atoms with Crippen LogP contribution in [0.25, 0.3) is 0 Å². The van der Waals surface area contributed by atoms with Crippen molar-refractivity contribution in [1.82, 2.24) is 18.8 Å². The molecule has 7 nitrogen and oxygen atoms in total. The van der Waals surface area contributed by atoms with Crippen molar-refractivity contribution in [3.05, 3.63) is 17.7 Å². The molecule has 1 amide bonds. The van der Waals surface area contributed by atoms with Gasteiger partial charge < -0.3 is 9.47 Å². The first-order valence-corrected chi connectivity index (χ1v) is 11.4. The highest BCUT2D eigenvalue weighted by Gasteiger charge is 2.32. The molecule has 0 spiro atoms. The number of imidazole rings is 1. The first-order chi connectivity index (χ1) is 12.3. The summed E-state index contributed by atoms with van der Waals surface area (Å²) in [6.07, 6.45) is 9.34. The van der Waals surface area contributed by atoms with Gasteiger partial charge in [0.15, 0.2) is 0 Å². The topological polar surface area (TPSA) is 75.5 Å². The molecule has 0 aliphatic carbocycles. The summed E-state index contributed by atoms with van der Waals surface area (Å²) in [5.74, 6) is 0.906. The number of likely N-dealkylation sites (tertiary alicyclic amines) is 1. The first-order valence-electron chi connectivity index (χ1n) is 9.57. The van der Waals surface area contributed by atoms with Gasteiger partial charge in [-0.3, -0.25) is 4.79 Å². The lowest BCUT2D eigenvalue weighted by Crippen LogP contribution is -2.51. The van der Waals surface area contributed by atoms with E-state index in [4.69, 9.17) is 0 Å². The van der Waals surface area contributed by atoms with E-state index in [1.807, 2.05) is 24.9 Å². The van der Waals surface area contributed by atoms with Crippen molar-refractivity contribution in [1.29, 1.82) is 0 Å². The number of amides is 1. The van der Waals surface area contributed by atoms with Gasteiger partial charge in [-0.1, -0.05) is 0 Å². The molecule has 0 unspecified atom stereocenters. The highest BCUT2D eigenvalue weighted by Crippen LogP contribution is 2.23. The van der Waals surface area contributed by atoms with Gasteiger partial charge in [0, 0.05) is 31.2 Å². The van der Waals surface area contributed by atoms with E-state index in [0.717, 1.165) is 56.6 Å². The van der Waals surface area contributed by atoms with Crippen molar-refractivity contribution in [2.75, 3.05) is 12.8 Å². The molecule has 0 saturated carbocycles. The normalized spacial score (nSPS) is 23.9. The average molecular weight is 383 g/mol. The van der Waals surface area contributed by atoms with E-state index >= 15 is 0 Å². The maximum Gasteiger partial charge on any atom is 0.238 e. The average Bonchev–Trinajstić information content (AvgIpc) is 2.95. The number of hydrogen-bond donors (Lipinski definition) is 0. The van der Waals surface area contributed by atoms with Crippen LogP contribution in [0.1, 0.15) is 57.5 Å². The van der Waals surface area contributed by atoms with Crippen LogP contribution in [0.4, 0.5) is 0 Å². The number of fused-ring (bicyclic) bond motifs is 1. The van der Waals surface area contributed by atoms with Gasteiger partial charge in [-0.15, -0.1) is 0 Å². The van der Waals surface area contributed by atoms with Gasteiger partial charge in [-0.2, -0.15) is 4.31 Å². The SMILES string of the molecule is C[C@@H]1CCC[C@H](C)N1C(=O)CN(Cc1cn2c(n1)CCCC2)S(C)(=O)=O. The molecule has 1 aromatic heterocycles. The Balaban J connectivity index is 1.74. The van der Waals surface area contributed by atoms with Gasteiger partial charge >= 0.3 is 0 Å². The molecule has 1 saturated heterocycles. The molecule has 8 heteroatoms. The largest absolute Gasteiger partial charge is 0.336 e. The molecule has 1 fully saturated rings. The first kappa shape index (κ1) is 19.4. The number of piperidine rings is 1. The molecule has 2 aliphatic rings. The zero-order chi connectivity index (χ0) is 18.9. The second-order valence-corrected chi connectivity index (χ2v) is 9.74. The third-order valence-corrected chi connectivity index (χ3v) is 6.76. The monoisotopic (exact) mass is 382 g/mol. The van der Waals surface area contributed by atoms with Crippen LogP contribution in [0, 0.1) is 0 Å². The van der Waals surface area contributed by atoms with E-state index in [1.165, 1.54) is 10.6 Å². The predicted octanol–water partition coefficient (Wildman–Crippen LogP) is 1.77. The third-order valence-electron chi connectivity index (χ3n) is 5.56. The number of rotatable bonds is 5. The number of sulfonamides is 1. The lowest BCUT2D eigenvalue weighted by molar-refractivity contribution is -0.137. The summed E-state index contributed by atoms with van der Waals surface area (Å²) in [5, 5.41) is 0. The molecule has 2 atom stereocenters. The van der Waals surface area contributed by atoms with Crippen molar-refractivity contribution in [2.24, 2.45) is 0 Å². The molecule has 0 bridgehead atoms. The Morgan fingerprint density at radius 2 is 1.92 bits per heavy atom. The highest BCUT2D eigenvalue weighted by atomic mass is 32.2. The van der Waals surface area contributed by atoms with Gasteiger partial charge in [0.25, 0.3) is 0 Å². The fourth-order valence-corrected chi connectivity index (χ4v) is 4.88. The summed E-state index contributed by atoms with van der Waals surface area (Å²) in [7, 11) is -3.50. The molecule has 2 aliphatic heterocycles. The molecule has 0 radical (unpaired) electrons. The minimum atomic E-state index is -3.50. The van der Waals surface area contributed by atoms with E-state index in [9.17, 15) is 13.2 Å². The number of aromatic nitrogens is 2. The molecule has 3 rings (SSSR count). The van der Waals surface area contributed by atoms with Crippen LogP contribution in [-0.4, -0.2) is 58.0 Å². The second kappa shape index (κ2) is 7.68. The molecule has 0 aromatic carbocycles. The van der Waals surface area contributed by atoms with E-state index in [1.54, 1.807) is 0 Å². The van der Waals surface area contributed by atoms with Crippen molar-refractivity contribution in [3.63, 3.8) is 0 Å². The zero-order valence-corrected chi connectivity index (χ0v) is 16.8. The summed E-state index contributed by atoms with van der Waals surface area (Å²) >= 11 is 0. The van der Waals surface area contributed by atoms with Crippen LogP contribution < -0.4 is 0 Å². The lowest BCUT2D eigenvalue weighted by Gasteiger charge is -2.39. The van der Waals surface area contributed by atoms with Crippen molar-refractivity contribution < 1.29 is 13.2 Å². The Morgan fingerprint density at radius 3 is 2.54 bits per heavy atom.